The van der Waals surface area contributed by atoms with Gasteiger partial charge in [-0.15, -0.1) is 0 Å². The molecule has 0 aliphatic heterocycles. The Bertz CT molecular complexity index is 630. The average Bonchev–Trinajstić information content (AvgIpc) is 3.07. The van der Waals surface area contributed by atoms with Gasteiger partial charge in [0.25, 0.3) is 0 Å². The molecule has 0 radical (unpaired) electrons. The number of aliphatic imine (C=N–C) groups is 1. The number of halogens is 1. The minimum atomic E-state index is -0.00825. The van der Waals surface area contributed by atoms with Crippen molar-refractivity contribution < 1.29 is 4.74 Å². The fourth-order valence-corrected chi connectivity index (χ4v) is 2.34. The van der Waals surface area contributed by atoms with Crippen molar-refractivity contribution in [2.75, 3.05) is 20.1 Å². The number of guanidine groups is 1. The molecule has 6 nitrogen and oxygen atoms in total. The molecule has 0 fully saturated rings. The maximum atomic E-state index is 5.96. The number of aromatic nitrogens is 2. The summed E-state index contributed by atoms with van der Waals surface area (Å²) in [7, 11) is 1.76. The summed E-state index contributed by atoms with van der Waals surface area (Å²) in [5.41, 5.74) is 0. The lowest BCUT2D eigenvalue weighted by molar-refractivity contribution is 0.224. The lowest BCUT2D eigenvalue weighted by Gasteiger charge is -2.18. The molecule has 0 bridgehead atoms. The molecule has 24 heavy (non-hydrogen) atoms. The molecule has 1 atom stereocenters. The molecule has 7 heteroatoms. The fraction of sp³-hybridized carbons (Fsp3) is 0.412. The van der Waals surface area contributed by atoms with Crippen molar-refractivity contribution in [3.63, 3.8) is 0 Å². The molecular formula is C17H24ClN5O. The van der Waals surface area contributed by atoms with Crippen LogP contribution in [0.4, 0.5) is 0 Å². The molecule has 130 valence electrons. The number of ether oxygens (including phenoxy) is 1. The van der Waals surface area contributed by atoms with Crippen LogP contribution in [0.5, 0.6) is 5.75 Å². The largest absolute Gasteiger partial charge is 0.489 e. The number of nitrogens with zero attached hydrogens (tertiary/aromatic N) is 3. The van der Waals surface area contributed by atoms with Gasteiger partial charge in [-0.3, -0.25) is 9.67 Å². The van der Waals surface area contributed by atoms with Gasteiger partial charge >= 0.3 is 0 Å². The van der Waals surface area contributed by atoms with Gasteiger partial charge in [-0.1, -0.05) is 17.7 Å². The second kappa shape index (κ2) is 9.82. The molecule has 1 heterocycles. The maximum absolute atomic E-state index is 5.96. The molecule has 1 aromatic heterocycles. The summed E-state index contributed by atoms with van der Waals surface area (Å²) in [6.07, 6.45) is 4.71. The van der Waals surface area contributed by atoms with Crippen LogP contribution in [0.1, 0.15) is 13.3 Å². The third-order valence-electron chi connectivity index (χ3n) is 3.33. The van der Waals surface area contributed by atoms with Crippen LogP contribution in [0.15, 0.2) is 47.7 Å². The Morgan fingerprint density at radius 3 is 2.96 bits per heavy atom. The molecule has 2 rings (SSSR count). The Morgan fingerprint density at radius 1 is 1.38 bits per heavy atom. The van der Waals surface area contributed by atoms with E-state index in [1.807, 2.05) is 42.1 Å². The fourth-order valence-electron chi connectivity index (χ4n) is 2.16. The Morgan fingerprint density at radius 2 is 2.25 bits per heavy atom. The summed E-state index contributed by atoms with van der Waals surface area (Å²) in [4.78, 5) is 4.21. The Hall–Kier alpha value is -2.21. The van der Waals surface area contributed by atoms with Crippen molar-refractivity contribution in [1.29, 1.82) is 0 Å². The highest BCUT2D eigenvalue weighted by Crippen LogP contribution is 2.18. The van der Waals surface area contributed by atoms with Gasteiger partial charge in [0.2, 0.25) is 0 Å². The lowest BCUT2D eigenvalue weighted by Crippen LogP contribution is -2.42. The number of nitrogens with one attached hydrogen (secondary N) is 2. The molecule has 1 aromatic carbocycles. The summed E-state index contributed by atoms with van der Waals surface area (Å²) >= 11 is 5.96. The summed E-state index contributed by atoms with van der Waals surface area (Å²) in [6.45, 7) is 4.35. The predicted octanol–water partition coefficient (Wildman–Crippen LogP) is 2.56. The van der Waals surface area contributed by atoms with E-state index in [0.717, 1.165) is 31.2 Å². The zero-order valence-electron chi connectivity index (χ0n) is 14.1. The van der Waals surface area contributed by atoms with E-state index in [-0.39, 0.29) is 6.10 Å². The first kappa shape index (κ1) is 18.1. The van der Waals surface area contributed by atoms with Gasteiger partial charge in [0.15, 0.2) is 5.96 Å². The van der Waals surface area contributed by atoms with E-state index in [9.17, 15) is 0 Å². The van der Waals surface area contributed by atoms with Crippen molar-refractivity contribution >= 4 is 17.6 Å². The summed E-state index contributed by atoms with van der Waals surface area (Å²) in [5.74, 6) is 1.52. The highest BCUT2D eigenvalue weighted by Gasteiger charge is 2.06. The van der Waals surface area contributed by atoms with Crippen molar-refractivity contribution in [3.8, 4) is 5.75 Å². The molecule has 0 aliphatic rings. The lowest BCUT2D eigenvalue weighted by atomic mass is 10.3. The van der Waals surface area contributed by atoms with Gasteiger partial charge in [0, 0.05) is 37.6 Å². The van der Waals surface area contributed by atoms with Crippen molar-refractivity contribution in [3.05, 3.63) is 47.7 Å². The summed E-state index contributed by atoms with van der Waals surface area (Å²) < 4.78 is 7.74. The van der Waals surface area contributed by atoms with Crippen LogP contribution >= 0.6 is 11.6 Å². The van der Waals surface area contributed by atoms with Gasteiger partial charge in [-0.2, -0.15) is 5.10 Å². The van der Waals surface area contributed by atoms with Crippen LogP contribution in [0.2, 0.25) is 5.02 Å². The van der Waals surface area contributed by atoms with Crippen LogP contribution < -0.4 is 15.4 Å². The topological polar surface area (TPSA) is 63.5 Å². The first-order valence-electron chi connectivity index (χ1n) is 8.01. The van der Waals surface area contributed by atoms with Crippen LogP contribution in [-0.4, -0.2) is 42.0 Å². The molecule has 0 saturated heterocycles. The standard InChI is InChI=1S/C17H24ClN5O/c1-14(24-16-7-3-6-15(18)12-16)13-21-17(19-2)20-8-4-10-23-11-5-9-22-23/h3,5-7,9,11-12,14H,4,8,10,13H2,1-2H3,(H2,19,20,21). The van der Waals surface area contributed by atoms with Crippen LogP contribution in [0.3, 0.4) is 0 Å². The minimum absolute atomic E-state index is 0.00825. The number of hydrogen-bond donors (Lipinski definition) is 2. The molecule has 2 aromatic rings. The van der Waals surface area contributed by atoms with Crippen molar-refractivity contribution in [1.82, 2.24) is 20.4 Å². The highest BCUT2D eigenvalue weighted by atomic mass is 35.5. The molecule has 0 saturated carbocycles. The quantitative estimate of drug-likeness (QED) is 0.437. The molecular weight excluding hydrogens is 326 g/mol. The monoisotopic (exact) mass is 349 g/mol. The number of aryl methyl sites for hydroxylation is 1. The molecule has 1 unspecified atom stereocenters. The second-order valence-electron chi connectivity index (χ2n) is 5.39. The van der Waals surface area contributed by atoms with Gasteiger partial charge in [0.1, 0.15) is 11.9 Å². The zero-order valence-corrected chi connectivity index (χ0v) is 14.8. The summed E-state index contributed by atoms with van der Waals surface area (Å²) in [5, 5.41) is 11.4. The van der Waals surface area contributed by atoms with E-state index in [2.05, 4.69) is 20.7 Å². The highest BCUT2D eigenvalue weighted by molar-refractivity contribution is 6.30. The SMILES string of the molecule is CN=C(NCCCn1cccn1)NCC(C)Oc1cccc(Cl)c1. The van der Waals surface area contributed by atoms with E-state index < -0.39 is 0 Å². The van der Waals surface area contributed by atoms with E-state index in [0.29, 0.717) is 11.6 Å². The van der Waals surface area contributed by atoms with E-state index in [4.69, 9.17) is 16.3 Å². The first-order chi connectivity index (χ1) is 11.7. The average molecular weight is 350 g/mol. The Kier molecular flexibility index (Phi) is 7.42. The zero-order chi connectivity index (χ0) is 17.2. The van der Waals surface area contributed by atoms with Crippen LogP contribution in [0, 0.1) is 0 Å². The molecule has 0 aliphatic carbocycles. The van der Waals surface area contributed by atoms with Crippen molar-refractivity contribution in [2.45, 2.75) is 26.0 Å². The van der Waals surface area contributed by atoms with Gasteiger partial charge in [-0.05, 0) is 37.6 Å². The minimum Gasteiger partial charge on any atom is -0.489 e. The third-order valence-corrected chi connectivity index (χ3v) is 3.56. The van der Waals surface area contributed by atoms with E-state index in [1.54, 1.807) is 19.3 Å². The summed E-state index contributed by atoms with van der Waals surface area (Å²) in [6, 6.07) is 9.32. The smallest absolute Gasteiger partial charge is 0.191 e. The van der Waals surface area contributed by atoms with E-state index in [1.165, 1.54) is 0 Å². The number of benzene rings is 1. The van der Waals surface area contributed by atoms with Crippen LogP contribution in [0.25, 0.3) is 0 Å². The Balaban J connectivity index is 1.65. The third kappa shape index (κ3) is 6.50. The van der Waals surface area contributed by atoms with Gasteiger partial charge in [-0.25, -0.2) is 0 Å². The molecule has 0 spiro atoms. The van der Waals surface area contributed by atoms with E-state index >= 15 is 0 Å². The van der Waals surface area contributed by atoms with Gasteiger partial charge in [0.05, 0.1) is 6.54 Å². The molecule has 2 N–H and O–H groups in total. The normalized spacial score (nSPS) is 12.7. The number of rotatable bonds is 8. The van der Waals surface area contributed by atoms with Gasteiger partial charge < -0.3 is 15.4 Å². The molecule has 0 amide bonds. The maximum Gasteiger partial charge on any atom is 0.191 e. The predicted molar refractivity (Wildman–Crippen MR) is 97.8 cm³/mol. The second-order valence-corrected chi connectivity index (χ2v) is 5.82. The van der Waals surface area contributed by atoms with Crippen LogP contribution in [-0.2, 0) is 6.54 Å². The number of hydrogen-bond acceptors (Lipinski definition) is 3. The Labute approximate surface area is 147 Å². The van der Waals surface area contributed by atoms with Crippen molar-refractivity contribution in [2.24, 2.45) is 4.99 Å². The first-order valence-corrected chi connectivity index (χ1v) is 8.39.